The van der Waals surface area contributed by atoms with Gasteiger partial charge in [0, 0.05) is 32.2 Å². The maximum absolute atomic E-state index is 5.77. The number of halogens is 1. The molecule has 2 aliphatic rings. The number of hydrogen-bond acceptors (Lipinski definition) is 5. The lowest BCUT2D eigenvalue weighted by molar-refractivity contribution is 0.173. The van der Waals surface area contributed by atoms with Gasteiger partial charge < -0.3 is 29.7 Å². The van der Waals surface area contributed by atoms with Crippen molar-refractivity contribution in [3.63, 3.8) is 0 Å². The normalized spacial score (nSPS) is 17.3. The minimum absolute atomic E-state index is 0. The molecular weight excluding hydrogens is 459 g/mol. The molecule has 8 heteroatoms. The summed E-state index contributed by atoms with van der Waals surface area (Å²) in [7, 11) is 1.81. The Morgan fingerprint density at radius 2 is 2.04 bits per heavy atom. The van der Waals surface area contributed by atoms with Gasteiger partial charge in [0.2, 0.25) is 6.79 Å². The molecule has 0 spiro atoms. The highest BCUT2D eigenvalue weighted by Gasteiger charge is 2.19. The fourth-order valence-corrected chi connectivity index (χ4v) is 3.31. The molecule has 3 rings (SSSR count). The first-order valence-corrected chi connectivity index (χ1v) is 9.50. The summed E-state index contributed by atoms with van der Waals surface area (Å²) in [6, 6.07) is 6.12. The molecule has 2 heterocycles. The highest BCUT2D eigenvalue weighted by Crippen LogP contribution is 2.34. The van der Waals surface area contributed by atoms with Crippen LogP contribution < -0.4 is 24.8 Å². The predicted molar refractivity (Wildman–Crippen MR) is 118 cm³/mol. The molecule has 0 aromatic heterocycles. The summed E-state index contributed by atoms with van der Waals surface area (Å²) in [5.74, 6) is 3.13. The molecule has 0 radical (unpaired) electrons. The topological polar surface area (TPSA) is 67.4 Å². The number of rotatable bonds is 7. The first kappa shape index (κ1) is 21.9. The van der Waals surface area contributed by atoms with Crippen LogP contribution in [-0.4, -0.2) is 63.5 Å². The fourth-order valence-electron chi connectivity index (χ4n) is 3.31. The quantitative estimate of drug-likeness (QED) is 0.265. The molecule has 7 nitrogen and oxygen atoms in total. The van der Waals surface area contributed by atoms with E-state index in [-0.39, 0.29) is 30.8 Å². The van der Waals surface area contributed by atoms with Crippen LogP contribution >= 0.6 is 24.0 Å². The largest absolute Gasteiger partial charge is 0.492 e. The second-order valence-electron chi connectivity index (χ2n) is 6.62. The summed E-state index contributed by atoms with van der Waals surface area (Å²) in [6.45, 7) is 7.28. The van der Waals surface area contributed by atoms with Crippen LogP contribution in [0.2, 0.25) is 0 Å². The van der Waals surface area contributed by atoms with E-state index in [0.29, 0.717) is 19.2 Å². The summed E-state index contributed by atoms with van der Waals surface area (Å²) in [5, 5.41) is 6.84. The summed E-state index contributed by atoms with van der Waals surface area (Å²) in [5.41, 5.74) is 0. The van der Waals surface area contributed by atoms with Crippen molar-refractivity contribution in [3.05, 3.63) is 18.2 Å². The Morgan fingerprint density at radius 1 is 1.26 bits per heavy atom. The Morgan fingerprint density at radius 3 is 2.78 bits per heavy atom. The second-order valence-corrected chi connectivity index (χ2v) is 6.62. The van der Waals surface area contributed by atoms with Crippen molar-refractivity contribution >= 4 is 29.9 Å². The van der Waals surface area contributed by atoms with Crippen molar-refractivity contribution in [1.29, 1.82) is 0 Å². The van der Waals surface area contributed by atoms with Gasteiger partial charge in [-0.25, -0.2) is 0 Å². The summed E-state index contributed by atoms with van der Waals surface area (Å²) in [6.07, 6.45) is 3.55. The maximum Gasteiger partial charge on any atom is 0.231 e. The third kappa shape index (κ3) is 6.60. The molecule has 0 amide bonds. The van der Waals surface area contributed by atoms with Crippen molar-refractivity contribution in [2.75, 3.05) is 46.6 Å². The van der Waals surface area contributed by atoms with Gasteiger partial charge in [-0.15, -0.1) is 24.0 Å². The number of likely N-dealkylation sites (tertiary alicyclic amines) is 1. The van der Waals surface area contributed by atoms with E-state index >= 15 is 0 Å². The number of ether oxygens (including phenoxy) is 3. The molecule has 2 N–H and O–H groups in total. The van der Waals surface area contributed by atoms with E-state index in [1.807, 2.05) is 18.2 Å². The molecular formula is C19H31IN4O3. The van der Waals surface area contributed by atoms with Gasteiger partial charge in [-0.3, -0.25) is 4.99 Å². The van der Waals surface area contributed by atoms with Gasteiger partial charge in [0.25, 0.3) is 0 Å². The molecule has 2 aliphatic heterocycles. The van der Waals surface area contributed by atoms with Crippen molar-refractivity contribution in [3.8, 4) is 17.2 Å². The minimum atomic E-state index is 0. The van der Waals surface area contributed by atoms with Crippen LogP contribution in [0.4, 0.5) is 0 Å². The van der Waals surface area contributed by atoms with Crippen LogP contribution in [0.5, 0.6) is 17.2 Å². The number of benzene rings is 1. The first-order chi connectivity index (χ1) is 12.8. The Hall–Kier alpha value is -1.42. The zero-order chi connectivity index (χ0) is 18.2. The summed E-state index contributed by atoms with van der Waals surface area (Å²) < 4.78 is 16.4. The number of nitrogens with one attached hydrogen (secondary N) is 2. The van der Waals surface area contributed by atoms with Gasteiger partial charge in [-0.1, -0.05) is 6.92 Å². The van der Waals surface area contributed by atoms with Crippen LogP contribution in [0.15, 0.2) is 23.2 Å². The molecule has 1 saturated heterocycles. The van der Waals surface area contributed by atoms with Crippen molar-refractivity contribution in [1.82, 2.24) is 15.5 Å². The van der Waals surface area contributed by atoms with Gasteiger partial charge in [0.1, 0.15) is 12.4 Å². The third-order valence-electron chi connectivity index (χ3n) is 4.70. The highest BCUT2D eigenvalue weighted by molar-refractivity contribution is 14.0. The van der Waals surface area contributed by atoms with Crippen molar-refractivity contribution in [2.45, 2.75) is 32.2 Å². The molecule has 152 valence electrons. The first-order valence-electron chi connectivity index (χ1n) is 9.50. The maximum atomic E-state index is 5.77. The zero-order valence-corrected chi connectivity index (χ0v) is 18.5. The molecule has 1 fully saturated rings. The molecule has 1 aromatic rings. The number of piperidine rings is 1. The standard InChI is InChI=1S/C19H30N4O3.HI/c1-3-9-23-10-6-15(7-11-23)22-19(20-2)21-8-12-24-16-4-5-17-18(13-16)26-14-25-17;/h4-5,13,15H,3,6-12,14H2,1-2H3,(H2,20,21,22);1H. The van der Waals surface area contributed by atoms with E-state index in [1.54, 1.807) is 7.05 Å². The Labute approximate surface area is 178 Å². The van der Waals surface area contributed by atoms with Gasteiger partial charge in [-0.05, 0) is 37.9 Å². The van der Waals surface area contributed by atoms with Crippen LogP contribution in [0.1, 0.15) is 26.2 Å². The average Bonchev–Trinajstić information content (AvgIpc) is 3.13. The van der Waals surface area contributed by atoms with Crippen molar-refractivity contribution < 1.29 is 14.2 Å². The minimum Gasteiger partial charge on any atom is -0.492 e. The predicted octanol–water partition coefficient (Wildman–Crippen LogP) is 2.45. The van der Waals surface area contributed by atoms with Crippen LogP contribution in [0.3, 0.4) is 0 Å². The lowest BCUT2D eigenvalue weighted by Gasteiger charge is -2.32. The Bertz CT molecular complexity index is 607. The van der Waals surface area contributed by atoms with Crippen molar-refractivity contribution in [2.24, 2.45) is 4.99 Å². The lowest BCUT2D eigenvalue weighted by atomic mass is 10.1. The van der Waals surface area contributed by atoms with Gasteiger partial charge >= 0.3 is 0 Å². The van der Waals surface area contributed by atoms with E-state index in [0.717, 1.165) is 49.1 Å². The zero-order valence-electron chi connectivity index (χ0n) is 16.2. The molecule has 0 saturated carbocycles. The fraction of sp³-hybridized carbons (Fsp3) is 0.632. The van der Waals surface area contributed by atoms with Gasteiger partial charge in [0.05, 0.1) is 6.54 Å². The molecule has 0 aliphatic carbocycles. The van der Waals surface area contributed by atoms with Crippen LogP contribution in [-0.2, 0) is 0 Å². The molecule has 27 heavy (non-hydrogen) atoms. The van der Waals surface area contributed by atoms with Gasteiger partial charge in [-0.2, -0.15) is 0 Å². The van der Waals surface area contributed by atoms with E-state index in [4.69, 9.17) is 14.2 Å². The molecule has 0 atom stereocenters. The Kier molecular flexibility index (Phi) is 9.26. The van der Waals surface area contributed by atoms with Crippen LogP contribution in [0.25, 0.3) is 0 Å². The van der Waals surface area contributed by atoms with E-state index < -0.39 is 0 Å². The SMILES string of the molecule is CCCN1CCC(NC(=NC)NCCOc2ccc3c(c2)OCO3)CC1.I. The number of fused-ring (bicyclic) bond motifs is 1. The average molecular weight is 490 g/mol. The van der Waals surface area contributed by atoms with E-state index in [9.17, 15) is 0 Å². The third-order valence-corrected chi connectivity index (χ3v) is 4.70. The van der Waals surface area contributed by atoms with E-state index in [2.05, 4.69) is 27.4 Å². The molecule has 0 bridgehead atoms. The van der Waals surface area contributed by atoms with E-state index in [1.165, 1.54) is 13.0 Å². The number of guanidine groups is 1. The summed E-state index contributed by atoms with van der Waals surface area (Å²) in [4.78, 5) is 6.85. The smallest absolute Gasteiger partial charge is 0.231 e. The molecule has 0 unspecified atom stereocenters. The van der Waals surface area contributed by atoms with Crippen LogP contribution in [0, 0.1) is 0 Å². The lowest BCUT2D eigenvalue weighted by Crippen LogP contribution is -2.49. The monoisotopic (exact) mass is 490 g/mol. The molecule has 1 aromatic carbocycles. The number of aliphatic imine (C=N–C) groups is 1. The number of nitrogens with zero attached hydrogens (tertiary/aromatic N) is 2. The van der Waals surface area contributed by atoms with Gasteiger partial charge in [0.15, 0.2) is 17.5 Å². The highest BCUT2D eigenvalue weighted by atomic mass is 127. The number of hydrogen-bond donors (Lipinski definition) is 2. The Balaban J connectivity index is 0.00000261. The summed E-state index contributed by atoms with van der Waals surface area (Å²) >= 11 is 0. The second kappa shape index (κ2) is 11.4.